The number of amides is 1. The number of nitrogens with zero attached hydrogens (tertiary/aromatic N) is 1. The van der Waals surface area contributed by atoms with Crippen molar-refractivity contribution in [2.24, 2.45) is 0 Å². The minimum Gasteiger partial charge on any atom is -0.334 e. The Morgan fingerprint density at radius 1 is 0.875 bits per heavy atom. The molecular formula is C20H34INO2. The summed E-state index contributed by atoms with van der Waals surface area (Å²) < 4.78 is 1.27. The van der Waals surface area contributed by atoms with Crippen LogP contribution in [0.2, 0.25) is 0 Å². The van der Waals surface area contributed by atoms with E-state index in [4.69, 9.17) is 0 Å². The van der Waals surface area contributed by atoms with E-state index in [2.05, 4.69) is 36.4 Å². The zero-order valence-electron chi connectivity index (χ0n) is 15.4. The van der Waals surface area contributed by atoms with E-state index in [-0.39, 0.29) is 11.7 Å². The van der Waals surface area contributed by atoms with Crippen LogP contribution in [0.25, 0.3) is 0 Å². The molecule has 0 aliphatic carbocycles. The van der Waals surface area contributed by atoms with Crippen LogP contribution in [0.1, 0.15) is 84.5 Å². The lowest BCUT2D eigenvalue weighted by Crippen LogP contribution is -2.37. The van der Waals surface area contributed by atoms with Crippen LogP contribution >= 0.6 is 22.6 Å². The van der Waals surface area contributed by atoms with Gasteiger partial charge in [-0.25, -0.2) is 0 Å². The van der Waals surface area contributed by atoms with Crippen LogP contribution in [0.15, 0.2) is 12.2 Å². The number of halogens is 1. The highest BCUT2D eigenvalue weighted by molar-refractivity contribution is 14.1. The maximum atomic E-state index is 12.2. The second-order valence-electron chi connectivity index (χ2n) is 7.09. The van der Waals surface area contributed by atoms with Crippen molar-refractivity contribution in [2.45, 2.75) is 96.6 Å². The number of ketones is 1. The van der Waals surface area contributed by atoms with Gasteiger partial charge in [0.15, 0.2) is 5.78 Å². The van der Waals surface area contributed by atoms with E-state index in [0.29, 0.717) is 18.5 Å². The SMILES string of the molecule is C[C@@H]1CC[C@@H](C)N1C(=O)/C=C/C(=O)CCCCCCCCCCI. The van der Waals surface area contributed by atoms with E-state index in [1.54, 1.807) is 0 Å². The molecule has 1 fully saturated rings. The third-order valence-electron chi connectivity index (χ3n) is 4.93. The van der Waals surface area contributed by atoms with Crippen LogP contribution in [0.5, 0.6) is 0 Å². The molecule has 2 atom stereocenters. The summed E-state index contributed by atoms with van der Waals surface area (Å²) in [6.07, 6.45) is 15.6. The average molecular weight is 447 g/mol. The van der Waals surface area contributed by atoms with Crippen LogP contribution in [0.3, 0.4) is 0 Å². The Morgan fingerprint density at radius 3 is 1.92 bits per heavy atom. The normalized spacial score (nSPS) is 20.9. The summed E-state index contributed by atoms with van der Waals surface area (Å²) in [5.41, 5.74) is 0. The van der Waals surface area contributed by atoms with Gasteiger partial charge >= 0.3 is 0 Å². The lowest BCUT2D eigenvalue weighted by Gasteiger charge is -2.24. The zero-order valence-corrected chi connectivity index (χ0v) is 17.6. The summed E-state index contributed by atoms with van der Waals surface area (Å²) in [6.45, 7) is 4.16. The predicted octanol–water partition coefficient (Wildman–Crippen LogP) is 5.46. The summed E-state index contributed by atoms with van der Waals surface area (Å²) in [4.78, 5) is 26.0. The summed E-state index contributed by atoms with van der Waals surface area (Å²) in [5.74, 6) is 0.0808. The molecule has 3 nitrogen and oxygen atoms in total. The van der Waals surface area contributed by atoms with Crippen molar-refractivity contribution in [1.82, 2.24) is 4.90 Å². The molecule has 1 amide bonds. The van der Waals surface area contributed by atoms with E-state index in [1.807, 2.05) is 4.90 Å². The maximum Gasteiger partial charge on any atom is 0.247 e. The molecule has 138 valence electrons. The molecular weight excluding hydrogens is 413 g/mol. The number of hydrogen-bond donors (Lipinski definition) is 0. The second-order valence-corrected chi connectivity index (χ2v) is 8.17. The van der Waals surface area contributed by atoms with Gasteiger partial charge in [0.25, 0.3) is 0 Å². The summed E-state index contributed by atoms with van der Waals surface area (Å²) in [6, 6.07) is 0.591. The summed E-state index contributed by atoms with van der Waals surface area (Å²) >= 11 is 2.44. The fraction of sp³-hybridized carbons (Fsp3) is 0.800. The number of allylic oxidation sites excluding steroid dienone is 1. The Morgan fingerprint density at radius 2 is 1.38 bits per heavy atom. The lowest BCUT2D eigenvalue weighted by atomic mass is 10.1. The van der Waals surface area contributed by atoms with Gasteiger partial charge < -0.3 is 4.90 Å². The van der Waals surface area contributed by atoms with Crippen molar-refractivity contribution in [3.05, 3.63) is 12.2 Å². The molecule has 1 aliphatic heterocycles. The molecule has 0 aromatic carbocycles. The van der Waals surface area contributed by atoms with Crippen LogP contribution in [0.4, 0.5) is 0 Å². The molecule has 0 bridgehead atoms. The van der Waals surface area contributed by atoms with Gasteiger partial charge in [0.2, 0.25) is 5.91 Å². The summed E-state index contributed by atoms with van der Waals surface area (Å²) in [7, 11) is 0. The quantitative estimate of drug-likeness (QED) is 0.173. The van der Waals surface area contributed by atoms with Crippen molar-refractivity contribution in [1.29, 1.82) is 0 Å². The van der Waals surface area contributed by atoms with E-state index in [9.17, 15) is 9.59 Å². The molecule has 1 rings (SSSR count). The highest BCUT2D eigenvalue weighted by Gasteiger charge is 2.29. The second kappa shape index (κ2) is 12.9. The van der Waals surface area contributed by atoms with Gasteiger partial charge in [-0.15, -0.1) is 0 Å². The van der Waals surface area contributed by atoms with Crippen molar-refractivity contribution < 1.29 is 9.59 Å². The minimum atomic E-state index is -0.00708. The van der Waals surface area contributed by atoms with Crippen LogP contribution in [-0.4, -0.2) is 33.1 Å². The average Bonchev–Trinajstić information content (AvgIpc) is 2.90. The number of unbranched alkanes of at least 4 members (excludes halogenated alkanes) is 7. The number of hydrogen-bond acceptors (Lipinski definition) is 2. The monoisotopic (exact) mass is 447 g/mol. The van der Waals surface area contributed by atoms with Gasteiger partial charge in [-0.3, -0.25) is 9.59 Å². The Labute approximate surface area is 161 Å². The van der Waals surface area contributed by atoms with E-state index >= 15 is 0 Å². The molecule has 0 unspecified atom stereocenters. The van der Waals surface area contributed by atoms with E-state index < -0.39 is 0 Å². The number of likely N-dealkylation sites (tertiary alicyclic amines) is 1. The molecule has 1 saturated heterocycles. The Balaban J connectivity index is 2.08. The van der Waals surface area contributed by atoms with Crippen molar-refractivity contribution >= 4 is 34.3 Å². The van der Waals surface area contributed by atoms with Gasteiger partial charge in [-0.05, 0) is 50.0 Å². The first-order chi connectivity index (χ1) is 11.6. The molecule has 1 aliphatic rings. The minimum absolute atomic E-state index is 0.00708. The van der Waals surface area contributed by atoms with Gasteiger partial charge in [0.1, 0.15) is 0 Å². The topological polar surface area (TPSA) is 37.4 Å². The summed E-state index contributed by atoms with van der Waals surface area (Å²) in [5, 5.41) is 0. The van der Waals surface area contributed by atoms with Crippen molar-refractivity contribution in [3.63, 3.8) is 0 Å². The molecule has 4 heteroatoms. The molecule has 1 heterocycles. The third-order valence-corrected chi connectivity index (χ3v) is 5.69. The first kappa shape index (κ1) is 21.7. The van der Waals surface area contributed by atoms with E-state index in [0.717, 1.165) is 25.7 Å². The zero-order chi connectivity index (χ0) is 17.8. The largest absolute Gasteiger partial charge is 0.334 e. The molecule has 0 N–H and O–H groups in total. The fourth-order valence-corrected chi connectivity index (χ4v) is 3.96. The standard InChI is InChI=1S/C20H34INO2/c1-17-12-13-18(2)22(17)20(24)15-14-19(23)11-9-7-5-3-4-6-8-10-16-21/h14-15,17-18H,3-13,16H2,1-2H3/b15-14+/t17-,18-/m1/s1. The number of carbonyl (C=O) groups excluding carboxylic acids is 2. The van der Waals surface area contributed by atoms with Gasteiger partial charge in [-0.1, -0.05) is 61.1 Å². The number of carbonyl (C=O) groups is 2. The molecule has 0 saturated carbocycles. The Kier molecular flexibility index (Phi) is 11.6. The van der Waals surface area contributed by atoms with Gasteiger partial charge in [0, 0.05) is 24.6 Å². The van der Waals surface area contributed by atoms with E-state index in [1.165, 1.54) is 55.1 Å². The maximum absolute atomic E-state index is 12.2. The van der Waals surface area contributed by atoms with Crippen LogP contribution < -0.4 is 0 Å². The predicted molar refractivity (Wildman–Crippen MR) is 110 cm³/mol. The van der Waals surface area contributed by atoms with Crippen molar-refractivity contribution in [2.75, 3.05) is 4.43 Å². The molecule has 24 heavy (non-hydrogen) atoms. The first-order valence-electron chi connectivity index (χ1n) is 9.65. The van der Waals surface area contributed by atoms with Crippen LogP contribution in [0, 0.1) is 0 Å². The van der Waals surface area contributed by atoms with Gasteiger partial charge in [-0.2, -0.15) is 0 Å². The first-order valence-corrected chi connectivity index (χ1v) is 11.2. The molecule has 0 aromatic rings. The number of rotatable bonds is 12. The Bertz CT molecular complexity index is 398. The lowest BCUT2D eigenvalue weighted by molar-refractivity contribution is -0.128. The smallest absolute Gasteiger partial charge is 0.247 e. The van der Waals surface area contributed by atoms with Crippen LogP contribution in [-0.2, 0) is 9.59 Å². The Hall–Kier alpha value is -0.390. The molecule has 0 radical (unpaired) electrons. The molecule has 0 spiro atoms. The third kappa shape index (κ3) is 8.63. The van der Waals surface area contributed by atoms with Gasteiger partial charge in [0.05, 0.1) is 0 Å². The number of alkyl halides is 1. The molecule has 0 aromatic heterocycles. The fourth-order valence-electron chi connectivity index (χ4n) is 3.42. The highest BCUT2D eigenvalue weighted by Crippen LogP contribution is 2.23. The highest BCUT2D eigenvalue weighted by atomic mass is 127. The van der Waals surface area contributed by atoms with Crippen molar-refractivity contribution in [3.8, 4) is 0 Å².